The number of rotatable bonds is 5. The minimum absolute atomic E-state index is 0.0446. The fourth-order valence-electron chi connectivity index (χ4n) is 3.30. The molecule has 4 rings (SSSR count). The van der Waals surface area contributed by atoms with Gasteiger partial charge in [0, 0.05) is 5.56 Å². The molecule has 168 valence electrons. The maximum Gasteiger partial charge on any atom is 0.416 e. The highest BCUT2D eigenvalue weighted by Crippen LogP contribution is 2.33. The number of esters is 1. The number of aromatic nitrogens is 3. The zero-order valence-corrected chi connectivity index (χ0v) is 17.4. The molecule has 0 atom stereocenters. The quantitative estimate of drug-likeness (QED) is 0.327. The van der Waals surface area contributed by atoms with E-state index in [0.29, 0.717) is 16.8 Å². The summed E-state index contributed by atoms with van der Waals surface area (Å²) in [5.41, 5.74) is 0.0460. The fourth-order valence-corrected chi connectivity index (χ4v) is 3.30. The molecule has 0 saturated heterocycles. The minimum atomic E-state index is -4.50. The molecular formula is C23H16F3N3O4. The lowest BCUT2D eigenvalue weighted by Gasteiger charge is -2.08. The lowest BCUT2D eigenvalue weighted by atomic mass is 10.00. The second-order valence-electron chi connectivity index (χ2n) is 6.93. The molecule has 0 aliphatic rings. The number of carbonyl (C=O) groups is 2. The highest BCUT2D eigenvalue weighted by atomic mass is 19.4. The molecule has 0 radical (unpaired) electrons. The van der Waals surface area contributed by atoms with Crippen LogP contribution in [0.25, 0.3) is 16.8 Å². The second kappa shape index (κ2) is 8.38. The van der Waals surface area contributed by atoms with Crippen molar-refractivity contribution in [1.29, 1.82) is 0 Å². The van der Waals surface area contributed by atoms with Gasteiger partial charge in [0.15, 0.2) is 0 Å². The molecule has 0 N–H and O–H groups in total. The van der Waals surface area contributed by atoms with E-state index >= 15 is 0 Å². The van der Waals surface area contributed by atoms with Crippen LogP contribution in [0.2, 0.25) is 0 Å². The number of hydrogen-bond donors (Lipinski definition) is 0. The Morgan fingerprint density at radius 2 is 1.64 bits per heavy atom. The van der Waals surface area contributed by atoms with Gasteiger partial charge in [-0.2, -0.15) is 18.3 Å². The summed E-state index contributed by atoms with van der Waals surface area (Å²) >= 11 is 0. The number of ether oxygens (including phenoxy) is 2. The van der Waals surface area contributed by atoms with Gasteiger partial charge in [0.1, 0.15) is 22.8 Å². The molecule has 0 saturated carbocycles. The average molecular weight is 455 g/mol. The smallest absolute Gasteiger partial charge is 0.416 e. The number of alkyl halides is 3. The van der Waals surface area contributed by atoms with E-state index in [-0.39, 0.29) is 22.6 Å². The molecular weight excluding hydrogens is 439 g/mol. The third kappa shape index (κ3) is 4.14. The zero-order valence-electron chi connectivity index (χ0n) is 17.4. The van der Waals surface area contributed by atoms with Gasteiger partial charge in [-0.25, -0.2) is 14.3 Å². The van der Waals surface area contributed by atoms with E-state index < -0.39 is 23.5 Å². The summed E-state index contributed by atoms with van der Waals surface area (Å²) in [5.74, 6) is -0.804. The molecule has 4 aromatic rings. The Labute approximate surface area is 185 Å². The van der Waals surface area contributed by atoms with Crippen LogP contribution in [-0.4, -0.2) is 40.6 Å². The summed E-state index contributed by atoms with van der Waals surface area (Å²) in [7, 11) is 2.66. The summed E-state index contributed by atoms with van der Waals surface area (Å²) in [6.07, 6.45) is -2.96. The Morgan fingerprint density at radius 3 is 2.27 bits per heavy atom. The average Bonchev–Trinajstić information content (AvgIpc) is 3.21. The number of halogens is 3. The van der Waals surface area contributed by atoms with E-state index in [0.717, 1.165) is 12.1 Å². The van der Waals surface area contributed by atoms with E-state index in [4.69, 9.17) is 4.74 Å². The molecule has 0 aliphatic carbocycles. The minimum Gasteiger partial charge on any atom is -0.495 e. The predicted molar refractivity (Wildman–Crippen MR) is 111 cm³/mol. The Hall–Kier alpha value is -4.21. The van der Waals surface area contributed by atoms with Crippen molar-refractivity contribution >= 4 is 17.3 Å². The summed E-state index contributed by atoms with van der Waals surface area (Å²) in [4.78, 5) is 29.4. The SMILES string of the molecule is COC(=O)c1cccc(C(=O)c2c(-c3ccc(C(F)(F)F)cc3)nn3cc(OC)ccc23)n1. The maximum absolute atomic E-state index is 13.5. The highest BCUT2D eigenvalue weighted by molar-refractivity contribution is 6.16. The van der Waals surface area contributed by atoms with Gasteiger partial charge in [-0.15, -0.1) is 0 Å². The van der Waals surface area contributed by atoms with Crippen molar-refractivity contribution in [2.45, 2.75) is 6.18 Å². The number of benzene rings is 1. The molecule has 0 aliphatic heterocycles. The second-order valence-corrected chi connectivity index (χ2v) is 6.93. The van der Waals surface area contributed by atoms with Crippen LogP contribution < -0.4 is 4.74 Å². The molecule has 0 fully saturated rings. The largest absolute Gasteiger partial charge is 0.495 e. The van der Waals surface area contributed by atoms with Gasteiger partial charge < -0.3 is 9.47 Å². The van der Waals surface area contributed by atoms with Crippen molar-refractivity contribution in [2.24, 2.45) is 0 Å². The first kappa shape index (κ1) is 22.0. The molecule has 0 unspecified atom stereocenters. The van der Waals surface area contributed by atoms with Crippen LogP contribution in [0.15, 0.2) is 60.8 Å². The number of nitrogens with zero attached hydrogens (tertiary/aromatic N) is 3. The molecule has 3 heterocycles. The van der Waals surface area contributed by atoms with Gasteiger partial charge in [-0.1, -0.05) is 18.2 Å². The van der Waals surface area contributed by atoms with Crippen LogP contribution in [0.5, 0.6) is 5.75 Å². The molecule has 0 bridgehead atoms. The van der Waals surface area contributed by atoms with Crippen LogP contribution in [0.3, 0.4) is 0 Å². The maximum atomic E-state index is 13.5. The van der Waals surface area contributed by atoms with Gasteiger partial charge in [0.25, 0.3) is 0 Å². The number of pyridine rings is 2. The van der Waals surface area contributed by atoms with Crippen LogP contribution in [0.1, 0.15) is 32.1 Å². The Balaban J connectivity index is 1.89. The van der Waals surface area contributed by atoms with Crippen molar-refractivity contribution in [3.8, 4) is 17.0 Å². The van der Waals surface area contributed by atoms with Crippen molar-refractivity contribution in [3.05, 3.63) is 83.3 Å². The molecule has 0 spiro atoms. The van der Waals surface area contributed by atoms with E-state index in [1.807, 2.05) is 0 Å². The molecule has 33 heavy (non-hydrogen) atoms. The van der Waals surface area contributed by atoms with E-state index in [1.165, 1.54) is 55.3 Å². The summed E-state index contributed by atoms with van der Waals surface area (Å²) in [6.45, 7) is 0. The van der Waals surface area contributed by atoms with Gasteiger partial charge >= 0.3 is 12.1 Å². The first-order chi connectivity index (χ1) is 15.7. The first-order valence-corrected chi connectivity index (χ1v) is 9.57. The van der Waals surface area contributed by atoms with Crippen LogP contribution >= 0.6 is 0 Å². The summed E-state index contributed by atoms with van der Waals surface area (Å²) in [6, 6.07) is 11.9. The van der Waals surface area contributed by atoms with Gasteiger partial charge in [0.05, 0.1) is 37.1 Å². The monoisotopic (exact) mass is 455 g/mol. The highest BCUT2D eigenvalue weighted by Gasteiger charge is 2.31. The number of carbonyl (C=O) groups excluding carboxylic acids is 2. The fraction of sp³-hybridized carbons (Fsp3) is 0.130. The summed E-state index contributed by atoms with van der Waals surface area (Å²) < 4.78 is 50.3. The van der Waals surface area contributed by atoms with Crippen LogP contribution in [0, 0.1) is 0 Å². The Bertz CT molecular complexity index is 1360. The molecule has 0 amide bonds. The predicted octanol–water partition coefficient (Wildman–Crippen LogP) is 4.44. The normalized spacial score (nSPS) is 11.4. The molecule has 1 aromatic carbocycles. The first-order valence-electron chi connectivity index (χ1n) is 9.57. The Kier molecular flexibility index (Phi) is 5.59. The van der Waals surface area contributed by atoms with Crippen molar-refractivity contribution in [2.75, 3.05) is 14.2 Å². The van der Waals surface area contributed by atoms with E-state index in [9.17, 15) is 22.8 Å². The van der Waals surface area contributed by atoms with Gasteiger partial charge in [-0.3, -0.25) is 4.79 Å². The lowest BCUT2D eigenvalue weighted by molar-refractivity contribution is -0.137. The topological polar surface area (TPSA) is 82.8 Å². The number of ketones is 1. The summed E-state index contributed by atoms with van der Waals surface area (Å²) in [5, 5.41) is 4.42. The number of methoxy groups -OCH3 is 2. The van der Waals surface area contributed by atoms with Crippen LogP contribution in [-0.2, 0) is 10.9 Å². The zero-order chi connectivity index (χ0) is 23.8. The van der Waals surface area contributed by atoms with Crippen molar-refractivity contribution < 1.29 is 32.2 Å². The third-order valence-corrected chi connectivity index (χ3v) is 4.93. The number of fused-ring (bicyclic) bond motifs is 1. The van der Waals surface area contributed by atoms with Crippen molar-refractivity contribution in [3.63, 3.8) is 0 Å². The number of hydrogen-bond acceptors (Lipinski definition) is 6. The van der Waals surface area contributed by atoms with E-state index in [2.05, 4.69) is 14.8 Å². The molecule has 3 aromatic heterocycles. The van der Waals surface area contributed by atoms with Crippen molar-refractivity contribution in [1.82, 2.24) is 14.6 Å². The third-order valence-electron chi connectivity index (χ3n) is 4.93. The van der Waals surface area contributed by atoms with E-state index in [1.54, 1.807) is 12.1 Å². The Morgan fingerprint density at radius 1 is 0.939 bits per heavy atom. The molecule has 7 nitrogen and oxygen atoms in total. The van der Waals surface area contributed by atoms with Gasteiger partial charge in [0.2, 0.25) is 5.78 Å². The van der Waals surface area contributed by atoms with Crippen LogP contribution in [0.4, 0.5) is 13.2 Å². The van der Waals surface area contributed by atoms with Gasteiger partial charge in [-0.05, 0) is 36.4 Å². The standard InChI is InChI=1S/C23H16F3N3O4/c1-32-15-10-11-18-19(21(30)16-4-3-5-17(27-16)22(31)33-2)20(28-29(18)12-15)13-6-8-14(9-7-13)23(24,25)26/h3-12H,1-2H3. The molecule has 10 heteroatoms. The lowest BCUT2D eigenvalue weighted by Crippen LogP contribution is -2.10.